The van der Waals surface area contributed by atoms with Gasteiger partial charge in [-0.1, -0.05) is 18.2 Å². The number of aliphatic hydroxyl groups is 1. The number of hydrogen-bond acceptors (Lipinski definition) is 3. The van der Waals surface area contributed by atoms with E-state index in [4.69, 9.17) is 0 Å². The molecule has 2 aromatic rings. The van der Waals surface area contributed by atoms with Gasteiger partial charge in [-0.2, -0.15) is 0 Å². The van der Waals surface area contributed by atoms with Crippen molar-refractivity contribution in [1.82, 2.24) is 4.98 Å². The molecule has 0 fully saturated rings. The molecule has 17 heavy (non-hydrogen) atoms. The van der Waals surface area contributed by atoms with E-state index in [0.29, 0.717) is 6.54 Å². The summed E-state index contributed by atoms with van der Waals surface area (Å²) >= 11 is 0. The van der Waals surface area contributed by atoms with Crippen LogP contribution in [0.4, 0.5) is 5.82 Å². The number of rotatable bonds is 3. The first-order valence-electron chi connectivity index (χ1n) is 5.83. The topological polar surface area (TPSA) is 36.4 Å². The van der Waals surface area contributed by atoms with Gasteiger partial charge >= 0.3 is 0 Å². The van der Waals surface area contributed by atoms with Crippen LogP contribution in [0, 0.1) is 6.92 Å². The summed E-state index contributed by atoms with van der Waals surface area (Å²) in [5, 5.41) is 10.6. The smallest absolute Gasteiger partial charge is 0.132 e. The van der Waals surface area contributed by atoms with E-state index >= 15 is 0 Å². The van der Waals surface area contributed by atoms with Crippen LogP contribution >= 0.6 is 0 Å². The van der Waals surface area contributed by atoms with Crippen LogP contribution < -0.4 is 4.90 Å². The lowest BCUT2D eigenvalue weighted by Crippen LogP contribution is -2.28. The second kappa shape index (κ2) is 4.72. The van der Waals surface area contributed by atoms with Gasteiger partial charge in [0.15, 0.2) is 0 Å². The van der Waals surface area contributed by atoms with Gasteiger partial charge in [0.25, 0.3) is 0 Å². The van der Waals surface area contributed by atoms with E-state index in [0.717, 1.165) is 22.3 Å². The van der Waals surface area contributed by atoms with Crippen LogP contribution in [0.3, 0.4) is 0 Å². The summed E-state index contributed by atoms with van der Waals surface area (Å²) in [5.41, 5.74) is 2.12. The number of anilines is 1. The molecule has 0 saturated carbocycles. The predicted molar refractivity (Wildman–Crippen MR) is 71.4 cm³/mol. The fraction of sp³-hybridized carbons (Fsp3) is 0.357. The number of aliphatic hydroxyl groups excluding tert-OH is 1. The molecule has 0 aliphatic rings. The van der Waals surface area contributed by atoms with Gasteiger partial charge in [0.05, 0.1) is 11.6 Å². The minimum atomic E-state index is -0.354. The molecule has 0 aliphatic heterocycles. The Bertz CT molecular complexity index is 523. The van der Waals surface area contributed by atoms with Crippen molar-refractivity contribution >= 4 is 16.7 Å². The first-order chi connectivity index (χ1) is 8.08. The molecule has 1 N–H and O–H groups in total. The lowest BCUT2D eigenvalue weighted by Gasteiger charge is -2.22. The summed E-state index contributed by atoms with van der Waals surface area (Å²) in [6.07, 6.45) is -0.354. The summed E-state index contributed by atoms with van der Waals surface area (Å²) in [4.78, 5) is 6.64. The number of hydrogen-bond donors (Lipinski definition) is 1. The highest BCUT2D eigenvalue weighted by molar-refractivity contribution is 5.81. The monoisotopic (exact) mass is 230 g/mol. The number of pyridine rings is 1. The Morgan fingerprint density at radius 2 is 2.06 bits per heavy atom. The van der Waals surface area contributed by atoms with Gasteiger partial charge in [-0.15, -0.1) is 0 Å². The Labute approximate surface area is 102 Å². The number of likely N-dealkylation sites (N-methyl/N-ethyl adjacent to an activating group) is 1. The highest BCUT2D eigenvalue weighted by Crippen LogP contribution is 2.22. The van der Waals surface area contributed by atoms with Crippen LogP contribution in [0.15, 0.2) is 30.3 Å². The Balaban J connectivity index is 2.43. The summed E-state index contributed by atoms with van der Waals surface area (Å²) in [6.45, 7) is 4.42. The molecule has 1 unspecified atom stereocenters. The molecule has 1 atom stereocenters. The molecule has 0 aliphatic carbocycles. The number of nitrogens with zero attached hydrogens (tertiary/aromatic N) is 2. The predicted octanol–water partition coefficient (Wildman–Crippen LogP) is 2.36. The van der Waals surface area contributed by atoms with E-state index in [1.807, 2.05) is 37.1 Å². The van der Waals surface area contributed by atoms with Crippen molar-refractivity contribution in [3.8, 4) is 0 Å². The molecule has 3 heteroatoms. The van der Waals surface area contributed by atoms with Crippen LogP contribution in [0.1, 0.15) is 12.5 Å². The molecule has 0 bridgehead atoms. The number of aryl methyl sites for hydroxylation is 1. The van der Waals surface area contributed by atoms with Gasteiger partial charge in [-0.25, -0.2) is 4.98 Å². The minimum Gasteiger partial charge on any atom is -0.392 e. The third kappa shape index (κ3) is 2.56. The lowest BCUT2D eigenvalue weighted by molar-refractivity contribution is 0.201. The molecule has 1 aromatic carbocycles. The van der Waals surface area contributed by atoms with Gasteiger partial charge in [0.1, 0.15) is 5.82 Å². The van der Waals surface area contributed by atoms with Gasteiger partial charge in [0, 0.05) is 19.0 Å². The SMILES string of the molecule is Cc1cc2ccccc2nc1N(C)CC(C)O. The van der Waals surface area contributed by atoms with E-state index in [1.54, 1.807) is 6.92 Å². The van der Waals surface area contributed by atoms with Crippen LogP contribution in [-0.2, 0) is 0 Å². The quantitative estimate of drug-likeness (QED) is 0.879. The average Bonchev–Trinajstić information content (AvgIpc) is 2.27. The highest BCUT2D eigenvalue weighted by Gasteiger charge is 2.09. The maximum absolute atomic E-state index is 9.42. The second-order valence-corrected chi connectivity index (χ2v) is 4.55. The fourth-order valence-electron chi connectivity index (χ4n) is 2.08. The molecule has 2 rings (SSSR count). The van der Waals surface area contributed by atoms with Crippen molar-refractivity contribution in [1.29, 1.82) is 0 Å². The van der Waals surface area contributed by atoms with Crippen molar-refractivity contribution < 1.29 is 5.11 Å². The van der Waals surface area contributed by atoms with E-state index in [2.05, 4.69) is 17.1 Å². The number of aromatic nitrogens is 1. The van der Waals surface area contributed by atoms with E-state index in [-0.39, 0.29) is 6.10 Å². The second-order valence-electron chi connectivity index (χ2n) is 4.55. The third-order valence-corrected chi connectivity index (χ3v) is 2.79. The molecular formula is C14H18N2O. The van der Waals surface area contributed by atoms with Crippen molar-refractivity contribution in [3.05, 3.63) is 35.9 Å². The zero-order valence-electron chi connectivity index (χ0n) is 10.5. The Morgan fingerprint density at radius 1 is 1.35 bits per heavy atom. The van der Waals surface area contributed by atoms with Crippen molar-refractivity contribution in [2.24, 2.45) is 0 Å². The van der Waals surface area contributed by atoms with Crippen LogP contribution in [0.2, 0.25) is 0 Å². The molecule has 0 amide bonds. The maximum atomic E-state index is 9.42. The molecule has 1 aromatic heterocycles. The molecule has 0 radical (unpaired) electrons. The Kier molecular flexibility index (Phi) is 3.29. The fourth-order valence-corrected chi connectivity index (χ4v) is 2.08. The zero-order valence-corrected chi connectivity index (χ0v) is 10.5. The Hall–Kier alpha value is -1.61. The van der Waals surface area contributed by atoms with E-state index in [9.17, 15) is 5.11 Å². The summed E-state index contributed by atoms with van der Waals surface area (Å²) < 4.78 is 0. The van der Waals surface area contributed by atoms with Crippen molar-refractivity contribution in [3.63, 3.8) is 0 Å². The van der Waals surface area contributed by atoms with Crippen LogP contribution in [0.5, 0.6) is 0 Å². The molecular weight excluding hydrogens is 212 g/mol. The number of para-hydroxylation sites is 1. The summed E-state index contributed by atoms with van der Waals surface area (Å²) in [7, 11) is 1.96. The number of fused-ring (bicyclic) bond motifs is 1. The van der Waals surface area contributed by atoms with Gasteiger partial charge in [-0.05, 0) is 31.5 Å². The number of benzene rings is 1. The summed E-state index contributed by atoms with van der Waals surface area (Å²) in [6, 6.07) is 10.2. The third-order valence-electron chi connectivity index (χ3n) is 2.79. The van der Waals surface area contributed by atoms with Crippen LogP contribution in [0.25, 0.3) is 10.9 Å². The highest BCUT2D eigenvalue weighted by atomic mass is 16.3. The van der Waals surface area contributed by atoms with Crippen molar-refractivity contribution in [2.75, 3.05) is 18.5 Å². The molecule has 3 nitrogen and oxygen atoms in total. The summed E-state index contributed by atoms with van der Waals surface area (Å²) in [5.74, 6) is 0.935. The van der Waals surface area contributed by atoms with Gasteiger partial charge in [0.2, 0.25) is 0 Å². The van der Waals surface area contributed by atoms with Gasteiger partial charge < -0.3 is 10.0 Å². The minimum absolute atomic E-state index is 0.354. The van der Waals surface area contributed by atoms with Crippen LogP contribution in [-0.4, -0.2) is 29.8 Å². The van der Waals surface area contributed by atoms with E-state index in [1.165, 1.54) is 0 Å². The molecule has 1 heterocycles. The lowest BCUT2D eigenvalue weighted by atomic mass is 10.1. The first-order valence-corrected chi connectivity index (χ1v) is 5.83. The zero-order chi connectivity index (χ0) is 12.4. The van der Waals surface area contributed by atoms with E-state index < -0.39 is 0 Å². The largest absolute Gasteiger partial charge is 0.392 e. The van der Waals surface area contributed by atoms with Crippen molar-refractivity contribution in [2.45, 2.75) is 20.0 Å². The van der Waals surface area contributed by atoms with Gasteiger partial charge in [-0.3, -0.25) is 0 Å². The molecule has 0 spiro atoms. The standard InChI is InChI=1S/C14H18N2O/c1-10-8-12-6-4-5-7-13(12)15-14(10)16(3)9-11(2)17/h4-8,11,17H,9H2,1-3H3. The Morgan fingerprint density at radius 3 is 2.76 bits per heavy atom. The first kappa shape index (κ1) is 11.9. The molecule has 90 valence electrons. The molecule has 0 saturated heterocycles. The maximum Gasteiger partial charge on any atom is 0.132 e. The normalized spacial score (nSPS) is 12.7. The average molecular weight is 230 g/mol.